The molecule has 0 radical (unpaired) electrons. The number of aliphatic hydroxyl groups excluding tert-OH is 1. The lowest BCUT2D eigenvalue weighted by Crippen LogP contribution is -2.29. The van der Waals surface area contributed by atoms with Gasteiger partial charge < -0.3 is 14.7 Å². The van der Waals surface area contributed by atoms with E-state index in [0.29, 0.717) is 12.2 Å². The van der Waals surface area contributed by atoms with E-state index < -0.39 is 17.7 Å². The average molecular weight is 492 g/mol. The third-order valence-corrected chi connectivity index (χ3v) is 5.89. The molecule has 1 atom stereocenters. The molecule has 1 aliphatic rings. The Bertz CT molecular complexity index is 1150. The molecule has 5 nitrogen and oxygen atoms in total. The number of likely N-dealkylation sites (tertiary alicyclic amines) is 1. The molecule has 4 rings (SSSR count). The van der Waals surface area contributed by atoms with Gasteiger partial charge in [0, 0.05) is 16.6 Å². The van der Waals surface area contributed by atoms with E-state index in [0.717, 1.165) is 21.3 Å². The standard InChI is InChI=1S/C26H22BrNO4/c1-2-32-21-14-8-17(9-15-21)16-28-23(18-6-4-3-5-7-18)22(25(30)26(28)31)24(29)19-10-12-20(27)13-11-19/h3-15,23,29H,2,16H2,1H3/b24-22-. The molecular formula is C26H22BrNO4. The summed E-state index contributed by atoms with van der Waals surface area (Å²) in [6.07, 6.45) is 0. The maximum absolute atomic E-state index is 13.1. The smallest absolute Gasteiger partial charge is 0.295 e. The van der Waals surface area contributed by atoms with E-state index in [1.54, 1.807) is 24.3 Å². The van der Waals surface area contributed by atoms with Gasteiger partial charge in [-0.2, -0.15) is 0 Å². The van der Waals surface area contributed by atoms with Gasteiger partial charge in [-0.15, -0.1) is 0 Å². The number of halogens is 1. The van der Waals surface area contributed by atoms with Crippen molar-refractivity contribution in [3.63, 3.8) is 0 Å². The van der Waals surface area contributed by atoms with Gasteiger partial charge in [0.15, 0.2) is 0 Å². The minimum atomic E-state index is -0.690. The fraction of sp³-hybridized carbons (Fsp3) is 0.154. The van der Waals surface area contributed by atoms with Crippen LogP contribution in [-0.2, 0) is 16.1 Å². The van der Waals surface area contributed by atoms with Crippen LogP contribution in [0.2, 0.25) is 0 Å². The van der Waals surface area contributed by atoms with Crippen molar-refractivity contribution in [2.75, 3.05) is 6.61 Å². The van der Waals surface area contributed by atoms with Gasteiger partial charge in [-0.1, -0.05) is 70.5 Å². The van der Waals surface area contributed by atoms with Crippen LogP contribution in [0.5, 0.6) is 5.75 Å². The van der Waals surface area contributed by atoms with E-state index in [4.69, 9.17) is 4.74 Å². The molecule has 1 fully saturated rings. The molecule has 1 aliphatic heterocycles. The van der Waals surface area contributed by atoms with Gasteiger partial charge in [-0.05, 0) is 42.3 Å². The van der Waals surface area contributed by atoms with Gasteiger partial charge in [0.25, 0.3) is 11.7 Å². The summed E-state index contributed by atoms with van der Waals surface area (Å²) in [4.78, 5) is 27.6. The van der Waals surface area contributed by atoms with Crippen molar-refractivity contribution in [1.82, 2.24) is 4.90 Å². The summed E-state index contributed by atoms with van der Waals surface area (Å²) in [6, 6.07) is 23.0. The van der Waals surface area contributed by atoms with Crippen LogP contribution in [0.15, 0.2) is 88.9 Å². The Balaban J connectivity index is 1.77. The highest BCUT2D eigenvalue weighted by atomic mass is 79.9. The molecule has 0 aromatic heterocycles. The summed E-state index contributed by atoms with van der Waals surface area (Å²) in [5, 5.41) is 11.1. The van der Waals surface area contributed by atoms with E-state index >= 15 is 0 Å². The lowest BCUT2D eigenvalue weighted by Gasteiger charge is -2.25. The van der Waals surface area contributed by atoms with Gasteiger partial charge in [0.2, 0.25) is 0 Å². The second-order valence-electron chi connectivity index (χ2n) is 7.42. The zero-order valence-corrected chi connectivity index (χ0v) is 19.1. The van der Waals surface area contributed by atoms with Gasteiger partial charge in [-0.25, -0.2) is 0 Å². The third-order valence-electron chi connectivity index (χ3n) is 5.36. The molecule has 1 amide bonds. The second-order valence-corrected chi connectivity index (χ2v) is 8.34. The topological polar surface area (TPSA) is 66.8 Å². The van der Waals surface area contributed by atoms with Crippen molar-refractivity contribution in [3.05, 3.63) is 106 Å². The maximum atomic E-state index is 13.1. The molecule has 162 valence electrons. The van der Waals surface area contributed by atoms with E-state index in [9.17, 15) is 14.7 Å². The Kier molecular flexibility index (Phi) is 6.42. The molecular weight excluding hydrogens is 470 g/mol. The van der Waals surface area contributed by atoms with Crippen molar-refractivity contribution >= 4 is 33.4 Å². The minimum absolute atomic E-state index is 0.0921. The first-order valence-corrected chi connectivity index (χ1v) is 11.1. The number of carbonyl (C=O) groups excluding carboxylic acids is 2. The highest BCUT2D eigenvalue weighted by molar-refractivity contribution is 9.10. The summed E-state index contributed by atoms with van der Waals surface area (Å²) in [6.45, 7) is 2.71. The highest BCUT2D eigenvalue weighted by Crippen LogP contribution is 2.40. The predicted molar refractivity (Wildman–Crippen MR) is 126 cm³/mol. The van der Waals surface area contributed by atoms with Crippen LogP contribution in [-0.4, -0.2) is 28.3 Å². The molecule has 32 heavy (non-hydrogen) atoms. The average Bonchev–Trinajstić information content (AvgIpc) is 3.06. The number of aliphatic hydroxyl groups is 1. The summed E-state index contributed by atoms with van der Waals surface area (Å²) in [7, 11) is 0. The van der Waals surface area contributed by atoms with Crippen molar-refractivity contribution in [2.45, 2.75) is 19.5 Å². The molecule has 0 spiro atoms. The SMILES string of the molecule is CCOc1ccc(CN2C(=O)C(=O)/C(=C(\O)c3ccc(Br)cc3)C2c2ccccc2)cc1. The lowest BCUT2D eigenvalue weighted by molar-refractivity contribution is -0.140. The zero-order valence-electron chi connectivity index (χ0n) is 17.5. The molecule has 1 N–H and O–H groups in total. The number of hydrogen-bond acceptors (Lipinski definition) is 4. The van der Waals surface area contributed by atoms with Gasteiger partial charge in [0.1, 0.15) is 11.5 Å². The number of Topliss-reactive ketones (excluding diaryl/α,β-unsaturated/α-hetero) is 1. The Labute approximate surface area is 195 Å². The monoisotopic (exact) mass is 491 g/mol. The number of nitrogens with zero attached hydrogens (tertiary/aromatic N) is 1. The highest BCUT2D eigenvalue weighted by Gasteiger charge is 2.45. The van der Waals surface area contributed by atoms with E-state index in [-0.39, 0.29) is 17.9 Å². The van der Waals surface area contributed by atoms with Crippen LogP contribution >= 0.6 is 15.9 Å². The van der Waals surface area contributed by atoms with Crippen molar-refractivity contribution in [3.8, 4) is 5.75 Å². The first kappa shape index (κ1) is 21.8. The Morgan fingerprint density at radius 2 is 1.62 bits per heavy atom. The van der Waals surface area contributed by atoms with Crippen LogP contribution in [0.1, 0.15) is 29.7 Å². The Morgan fingerprint density at radius 1 is 0.969 bits per heavy atom. The van der Waals surface area contributed by atoms with Crippen molar-refractivity contribution in [1.29, 1.82) is 0 Å². The van der Waals surface area contributed by atoms with Gasteiger partial charge in [-0.3, -0.25) is 9.59 Å². The normalized spacial score (nSPS) is 17.6. The first-order chi connectivity index (χ1) is 15.5. The number of ketones is 1. The molecule has 3 aromatic rings. The lowest BCUT2D eigenvalue weighted by atomic mass is 9.95. The Hall–Kier alpha value is -3.38. The Morgan fingerprint density at radius 3 is 2.25 bits per heavy atom. The zero-order chi connectivity index (χ0) is 22.7. The number of benzene rings is 3. The summed E-state index contributed by atoms with van der Waals surface area (Å²) in [5.41, 5.74) is 2.19. The molecule has 6 heteroatoms. The molecule has 0 bridgehead atoms. The second kappa shape index (κ2) is 9.40. The van der Waals surface area contributed by atoms with Crippen LogP contribution in [0.3, 0.4) is 0 Å². The number of ether oxygens (including phenoxy) is 1. The number of hydrogen-bond donors (Lipinski definition) is 1. The largest absolute Gasteiger partial charge is 0.507 e. The van der Waals surface area contributed by atoms with Crippen molar-refractivity contribution in [2.24, 2.45) is 0 Å². The maximum Gasteiger partial charge on any atom is 0.295 e. The van der Waals surface area contributed by atoms with Gasteiger partial charge >= 0.3 is 0 Å². The van der Waals surface area contributed by atoms with Gasteiger partial charge in [0.05, 0.1) is 18.2 Å². The quantitative estimate of drug-likeness (QED) is 0.282. The summed E-state index contributed by atoms with van der Waals surface area (Å²) < 4.78 is 6.34. The molecule has 1 heterocycles. The third kappa shape index (κ3) is 4.32. The molecule has 0 saturated carbocycles. The fourth-order valence-corrected chi connectivity index (χ4v) is 4.11. The molecule has 3 aromatic carbocycles. The van der Waals surface area contributed by atoms with E-state index in [2.05, 4.69) is 15.9 Å². The van der Waals surface area contributed by atoms with Crippen LogP contribution in [0, 0.1) is 0 Å². The fourth-order valence-electron chi connectivity index (χ4n) is 3.84. The van der Waals surface area contributed by atoms with Crippen LogP contribution in [0.4, 0.5) is 0 Å². The first-order valence-electron chi connectivity index (χ1n) is 10.3. The van der Waals surface area contributed by atoms with Crippen LogP contribution in [0.25, 0.3) is 5.76 Å². The predicted octanol–water partition coefficient (Wildman–Crippen LogP) is 5.47. The van der Waals surface area contributed by atoms with E-state index in [1.165, 1.54) is 4.90 Å². The number of carbonyl (C=O) groups is 2. The van der Waals surface area contributed by atoms with E-state index in [1.807, 2.05) is 61.5 Å². The summed E-state index contributed by atoms with van der Waals surface area (Å²) in [5.74, 6) is -0.761. The van der Waals surface area contributed by atoms with Crippen molar-refractivity contribution < 1.29 is 19.4 Å². The summed E-state index contributed by atoms with van der Waals surface area (Å²) >= 11 is 3.37. The number of amides is 1. The number of rotatable bonds is 6. The molecule has 1 saturated heterocycles. The minimum Gasteiger partial charge on any atom is -0.507 e. The molecule has 1 unspecified atom stereocenters. The van der Waals surface area contributed by atoms with Crippen LogP contribution < -0.4 is 4.74 Å². The molecule has 0 aliphatic carbocycles.